The smallest absolute Gasteiger partial charge is 0.420 e. The summed E-state index contributed by atoms with van der Waals surface area (Å²) in [5.74, 6) is 1.89. The van der Waals surface area contributed by atoms with Gasteiger partial charge in [0.15, 0.2) is 5.90 Å². The number of aliphatic imine (C=N–C) groups is 1. The lowest BCUT2D eigenvalue weighted by atomic mass is 10.1. The molecule has 0 spiro atoms. The molecule has 0 aliphatic rings. The summed E-state index contributed by atoms with van der Waals surface area (Å²) in [6.07, 6.45) is 9.98. The molecule has 2 aromatic carbocycles. The Morgan fingerprint density at radius 2 is 1.71 bits per heavy atom. The Balaban J connectivity index is 0.00000298. The Hall–Kier alpha value is -3.97. The molecule has 0 heterocycles. The van der Waals surface area contributed by atoms with Crippen molar-refractivity contribution in [2.75, 3.05) is 27.9 Å². The van der Waals surface area contributed by atoms with Crippen LogP contribution >= 0.6 is 0 Å². The quantitative estimate of drug-likeness (QED) is 0.292. The SMILES string of the molecule is C#C.COC(=O)NS(=O)(=O)c1cccc(C/C=C(\N=C(/C)OC)NCCc2ccc(OC)cc2)c1. The highest BCUT2D eigenvalue weighted by molar-refractivity contribution is 7.90. The molecular formula is C25H31N3O6S. The number of amides is 1. The minimum Gasteiger partial charge on any atom is -0.497 e. The van der Waals surface area contributed by atoms with Crippen LogP contribution in [0.4, 0.5) is 4.79 Å². The summed E-state index contributed by atoms with van der Waals surface area (Å²) >= 11 is 0. The van der Waals surface area contributed by atoms with Gasteiger partial charge in [-0.2, -0.15) is 0 Å². The lowest BCUT2D eigenvalue weighted by Gasteiger charge is -2.10. The number of carbonyl (C=O) groups excluding carboxylic acids is 1. The number of carbonyl (C=O) groups is 1. The molecule has 2 aromatic rings. The molecule has 0 aromatic heterocycles. The van der Waals surface area contributed by atoms with Gasteiger partial charge in [0, 0.05) is 13.5 Å². The first kappa shape index (κ1) is 29.1. The number of sulfonamides is 1. The Kier molecular flexibility index (Phi) is 12.5. The average Bonchev–Trinajstić information content (AvgIpc) is 2.88. The van der Waals surface area contributed by atoms with Gasteiger partial charge < -0.3 is 19.5 Å². The van der Waals surface area contributed by atoms with E-state index in [9.17, 15) is 13.2 Å². The fourth-order valence-corrected chi connectivity index (χ4v) is 3.75. The second kappa shape index (κ2) is 15.0. The maximum absolute atomic E-state index is 12.3. The first-order valence-corrected chi connectivity index (χ1v) is 11.9. The van der Waals surface area contributed by atoms with Gasteiger partial charge in [0.25, 0.3) is 10.0 Å². The third-order valence-corrected chi connectivity index (χ3v) is 5.91. The van der Waals surface area contributed by atoms with Crippen LogP contribution < -0.4 is 14.8 Å². The second-order valence-electron chi connectivity index (χ2n) is 6.90. The summed E-state index contributed by atoms with van der Waals surface area (Å²) in [4.78, 5) is 15.7. The molecule has 10 heteroatoms. The molecule has 35 heavy (non-hydrogen) atoms. The highest BCUT2D eigenvalue weighted by Crippen LogP contribution is 2.14. The zero-order valence-corrected chi connectivity index (χ0v) is 21.1. The molecule has 0 saturated carbocycles. The van der Waals surface area contributed by atoms with Crippen LogP contribution in [0.2, 0.25) is 0 Å². The Morgan fingerprint density at radius 1 is 1.03 bits per heavy atom. The summed E-state index contributed by atoms with van der Waals surface area (Å²) in [5.41, 5.74) is 1.87. The maximum atomic E-state index is 12.3. The van der Waals surface area contributed by atoms with Crippen molar-refractivity contribution in [1.82, 2.24) is 10.0 Å². The minimum atomic E-state index is -4.02. The number of terminal acetylenes is 1. The third kappa shape index (κ3) is 10.2. The van der Waals surface area contributed by atoms with Crippen LogP contribution in [0.3, 0.4) is 0 Å². The van der Waals surface area contributed by atoms with E-state index in [-0.39, 0.29) is 4.90 Å². The van der Waals surface area contributed by atoms with Gasteiger partial charge in [0.1, 0.15) is 11.6 Å². The van der Waals surface area contributed by atoms with E-state index in [4.69, 9.17) is 9.47 Å². The van der Waals surface area contributed by atoms with E-state index in [2.05, 4.69) is 27.9 Å². The van der Waals surface area contributed by atoms with Gasteiger partial charge in [-0.25, -0.2) is 22.9 Å². The summed E-state index contributed by atoms with van der Waals surface area (Å²) in [5, 5.41) is 3.28. The highest BCUT2D eigenvalue weighted by Gasteiger charge is 2.18. The van der Waals surface area contributed by atoms with E-state index in [1.54, 1.807) is 26.2 Å². The number of hydrogen-bond acceptors (Lipinski definition) is 8. The van der Waals surface area contributed by atoms with Crippen molar-refractivity contribution in [1.29, 1.82) is 0 Å². The largest absolute Gasteiger partial charge is 0.497 e. The van der Waals surface area contributed by atoms with Gasteiger partial charge in [-0.1, -0.05) is 24.3 Å². The average molecular weight is 502 g/mol. The van der Waals surface area contributed by atoms with E-state index >= 15 is 0 Å². The van der Waals surface area contributed by atoms with Crippen molar-refractivity contribution in [2.24, 2.45) is 4.99 Å². The molecule has 0 saturated heterocycles. The number of allylic oxidation sites excluding steroid dienone is 1. The lowest BCUT2D eigenvalue weighted by molar-refractivity contribution is 0.177. The van der Waals surface area contributed by atoms with Crippen molar-refractivity contribution >= 4 is 22.0 Å². The van der Waals surface area contributed by atoms with Gasteiger partial charge in [-0.05, 0) is 54.3 Å². The fraction of sp³-hybridized carbons (Fsp3) is 0.280. The summed E-state index contributed by atoms with van der Waals surface area (Å²) in [6, 6.07) is 14.1. The predicted octanol–water partition coefficient (Wildman–Crippen LogP) is 3.27. The third-order valence-electron chi connectivity index (χ3n) is 4.60. The number of ether oxygens (including phenoxy) is 3. The molecular weight excluding hydrogens is 470 g/mol. The highest BCUT2D eigenvalue weighted by atomic mass is 32.2. The van der Waals surface area contributed by atoms with Gasteiger partial charge in [0.2, 0.25) is 0 Å². The van der Waals surface area contributed by atoms with Gasteiger partial charge in [-0.15, -0.1) is 12.8 Å². The van der Waals surface area contributed by atoms with Crippen LogP contribution in [0.1, 0.15) is 18.1 Å². The van der Waals surface area contributed by atoms with Crippen LogP contribution in [-0.2, 0) is 32.3 Å². The standard InChI is InChI=1S/C23H29N3O6S.C2H2/c1-17(30-2)25-22(24-15-14-18-8-11-20(31-3)12-9-18)13-10-19-6-5-7-21(16-19)33(28,29)26-23(27)32-4;1-2/h5-9,11-13,16,24H,10,14-15H2,1-4H3,(H,26,27);1-2H/b22-13-,25-17+;. The number of benzene rings is 2. The molecule has 1 amide bonds. The number of nitrogens with one attached hydrogen (secondary N) is 2. The van der Waals surface area contributed by atoms with Crippen molar-refractivity contribution in [2.45, 2.75) is 24.7 Å². The first-order chi connectivity index (χ1) is 16.8. The van der Waals surface area contributed by atoms with Crippen LogP contribution in [-0.4, -0.2) is 48.3 Å². The Labute approximate surface area is 207 Å². The molecule has 0 bridgehead atoms. The van der Waals surface area contributed by atoms with Crippen molar-refractivity contribution in [3.05, 3.63) is 71.6 Å². The van der Waals surface area contributed by atoms with Crippen molar-refractivity contribution < 1.29 is 27.4 Å². The molecule has 9 nitrogen and oxygen atoms in total. The van der Waals surface area contributed by atoms with Crippen LogP contribution in [0.15, 0.2) is 70.3 Å². The number of rotatable bonds is 10. The molecule has 0 atom stereocenters. The molecule has 0 unspecified atom stereocenters. The zero-order chi connectivity index (χ0) is 26.3. The number of methoxy groups -OCH3 is 3. The van der Waals surface area contributed by atoms with Gasteiger partial charge in [-0.3, -0.25) is 0 Å². The topological polar surface area (TPSA) is 115 Å². The van der Waals surface area contributed by atoms with E-state index in [0.29, 0.717) is 24.7 Å². The molecule has 2 N–H and O–H groups in total. The van der Waals surface area contributed by atoms with Crippen LogP contribution in [0, 0.1) is 12.8 Å². The normalized spacial score (nSPS) is 11.5. The molecule has 188 valence electrons. The minimum absolute atomic E-state index is 0.0376. The van der Waals surface area contributed by atoms with Crippen LogP contribution in [0.25, 0.3) is 0 Å². The van der Waals surface area contributed by atoms with E-state index < -0.39 is 16.1 Å². The summed E-state index contributed by atoms with van der Waals surface area (Å²) in [7, 11) is 0.240. The maximum Gasteiger partial charge on any atom is 0.420 e. The van der Waals surface area contributed by atoms with Gasteiger partial charge >= 0.3 is 6.09 Å². The Morgan fingerprint density at radius 3 is 2.31 bits per heavy atom. The number of nitrogens with zero attached hydrogens (tertiary/aromatic N) is 1. The monoisotopic (exact) mass is 501 g/mol. The molecule has 0 aliphatic carbocycles. The fourth-order valence-electron chi connectivity index (χ4n) is 2.76. The first-order valence-electron chi connectivity index (χ1n) is 10.5. The van der Waals surface area contributed by atoms with Crippen molar-refractivity contribution in [3.63, 3.8) is 0 Å². The predicted molar refractivity (Wildman–Crippen MR) is 136 cm³/mol. The van der Waals surface area contributed by atoms with E-state index in [1.165, 1.54) is 19.2 Å². The number of hydrogen-bond donors (Lipinski definition) is 2. The van der Waals surface area contributed by atoms with Gasteiger partial charge in [0.05, 0.1) is 26.2 Å². The second-order valence-corrected chi connectivity index (χ2v) is 8.58. The summed E-state index contributed by atoms with van der Waals surface area (Å²) < 4.78 is 41.1. The lowest BCUT2D eigenvalue weighted by Crippen LogP contribution is -2.30. The van der Waals surface area contributed by atoms with E-state index in [0.717, 1.165) is 30.4 Å². The zero-order valence-electron chi connectivity index (χ0n) is 20.3. The molecule has 0 radical (unpaired) electrons. The summed E-state index contributed by atoms with van der Waals surface area (Å²) in [6.45, 7) is 2.38. The van der Waals surface area contributed by atoms with Crippen molar-refractivity contribution in [3.8, 4) is 18.6 Å². The molecule has 0 fully saturated rings. The van der Waals surface area contributed by atoms with E-state index in [1.807, 2.05) is 35.1 Å². The van der Waals surface area contributed by atoms with Crippen LogP contribution in [0.5, 0.6) is 5.75 Å². The Bertz CT molecular complexity index is 1140. The molecule has 0 aliphatic heterocycles. The molecule has 2 rings (SSSR count).